The highest BCUT2D eigenvalue weighted by Crippen LogP contribution is 2.21. The lowest BCUT2D eigenvalue weighted by Crippen LogP contribution is -2.36. The third-order valence-corrected chi connectivity index (χ3v) is 4.56. The minimum Gasteiger partial charge on any atom is -0.484 e. The molecule has 0 atom stereocenters. The van der Waals surface area contributed by atoms with Gasteiger partial charge in [0.25, 0.3) is 5.91 Å². The van der Waals surface area contributed by atoms with E-state index in [9.17, 15) is 4.79 Å². The zero-order chi connectivity index (χ0) is 17.2. The summed E-state index contributed by atoms with van der Waals surface area (Å²) < 4.78 is 5.41. The van der Waals surface area contributed by atoms with Crippen LogP contribution < -0.4 is 10.1 Å². The molecule has 1 saturated carbocycles. The highest BCUT2D eigenvalue weighted by molar-refractivity contribution is 5.77. The van der Waals surface area contributed by atoms with E-state index in [-0.39, 0.29) is 12.5 Å². The molecule has 0 aromatic heterocycles. The Kier molecular flexibility index (Phi) is 7.57. The number of benzene rings is 1. The molecular weight excluding hydrogens is 302 g/mol. The Labute approximate surface area is 144 Å². The molecule has 24 heavy (non-hydrogen) atoms. The highest BCUT2D eigenvalue weighted by atomic mass is 16.5. The molecular formula is C19H27N3O2. The average Bonchev–Trinajstić information content (AvgIpc) is 2.64. The summed E-state index contributed by atoms with van der Waals surface area (Å²) in [6, 6.07) is 9.51. The van der Waals surface area contributed by atoms with Gasteiger partial charge in [0.15, 0.2) is 6.61 Å². The first-order valence-electron chi connectivity index (χ1n) is 8.79. The predicted octanol–water partition coefficient (Wildman–Crippen LogP) is 2.71. The zero-order valence-corrected chi connectivity index (χ0v) is 14.5. The number of amides is 1. The number of nitrogens with one attached hydrogen (secondary N) is 1. The minimum atomic E-state index is -0.111. The Morgan fingerprint density at radius 2 is 2.00 bits per heavy atom. The molecule has 0 spiro atoms. The molecule has 0 aliphatic heterocycles. The van der Waals surface area contributed by atoms with Crippen molar-refractivity contribution in [2.75, 3.05) is 26.7 Å². The van der Waals surface area contributed by atoms with E-state index in [4.69, 9.17) is 10.00 Å². The van der Waals surface area contributed by atoms with Crippen LogP contribution in [0.3, 0.4) is 0 Å². The number of hydrogen-bond acceptors (Lipinski definition) is 4. The molecule has 1 amide bonds. The first kappa shape index (κ1) is 18.3. The van der Waals surface area contributed by atoms with Gasteiger partial charge in [-0.05, 0) is 57.1 Å². The van der Waals surface area contributed by atoms with Gasteiger partial charge in [-0.15, -0.1) is 0 Å². The maximum absolute atomic E-state index is 11.8. The van der Waals surface area contributed by atoms with Crippen LogP contribution in [0.15, 0.2) is 24.3 Å². The summed E-state index contributed by atoms with van der Waals surface area (Å²) in [6.45, 7) is 1.69. The number of ether oxygens (including phenoxy) is 1. The van der Waals surface area contributed by atoms with Gasteiger partial charge in [0.05, 0.1) is 11.6 Å². The van der Waals surface area contributed by atoms with Gasteiger partial charge >= 0.3 is 0 Å². The molecule has 0 saturated heterocycles. The third-order valence-electron chi connectivity index (χ3n) is 4.56. The van der Waals surface area contributed by atoms with Crippen molar-refractivity contribution in [1.29, 1.82) is 5.26 Å². The maximum atomic E-state index is 11.8. The van der Waals surface area contributed by atoms with Crippen molar-refractivity contribution in [3.63, 3.8) is 0 Å². The van der Waals surface area contributed by atoms with Gasteiger partial charge in [0.2, 0.25) is 0 Å². The lowest BCUT2D eigenvalue weighted by atomic mass is 9.94. The fourth-order valence-electron chi connectivity index (χ4n) is 3.09. The van der Waals surface area contributed by atoms with Gasteiger partial charge in [-0.2, -0.15) is 5.26 Å². The van der Waals surface area contributed by atoms with Crippen LogP contribution in [0.5, 0.6) is 5.75 Å². The molecule has 1 aromatic carbocycles. The monoisotopic (exact) mass is 329 g/mol. The summed E-state index contributed by atoms with van der Waals surface area (Å²) in [4.78, 5) is 14.2. The van der Waals surface area contributed by atoms with Crippen molar-refractivity contribution in [3.05, 3.63) is 29.8 Å². The summed E-state index contributed by atoms with van der Waals surface area (Å²) in [6.07, 6.45) is 7.63. The van der Waals surface area contributed by atoms with Crippen LogP contribution in [0.1, 0.15) is 44.1 Å². The standard InChI is InChI=1S/C19H27N3O2/c1-22(17-6-3-2-4-7-17)13-5-12-21-19(23)15-24-18-10-8-16(14-20)9-11-18/h8-11,17H,2-7,12-13,15H2,1H3,(H,21,23). The van der Waals surface area contributed by atoms with Crippen LogP contribution in [0.2, 0.25) is 0 Å². The average molecular weight is 329 g/mol. The van der Waals surface area contributed by atoms with E-state index in [1.54, 1.807) is 24.3 Å². The fourth-order valence-corrected chi connectivity index (χ4v) is 3.09. The lowest BCUT2D eigenvalue weighted by molar-refractivity contribution is -0.123. The number of rotatable bonds is 8. The van der Waals surface area contributed by atoms with E-state index in [0.29, 0.717) is 23.9 Å². The van der Waals surface area contributed by atoms with E-state index >= 15 is 0 Å². The predicted molar refractivity (Wildman–Crippen MR) is 93.8 cm³/mol. The molecule has 1 N–H and O–H groups in total. The second kappa shape index (κ2) is 9.94. The summed E-state index contributed by atoms with van der Waals surface area (Å²) in [5.74, 6) is 0.487. The quantitative estimate of drug-likeness (QED) is 0.745. The van der Waals surface area contributed by atoms with Crippen LogP contribution >= 0.6 is 0 Å². The number of hydrogen-bond donors (Lipinski definition) is 1. The summed E-state index contributed by atoms with van der Waals surface area (Å²) in [5.41, 5.74) is 0.578. The number of nitrogens with zero attached hydrogens (tertiary/aromatic N) is 2. The lowest BCUT2D eigenvalue weighted by Gasteiger charge is -2.31. The van der Waals surface area contributed by atoms with Gasteiger partial charge < -0.3 is 15.0 Å². The second-order valence-electron chi connectivity index (χ2n) is 6.40. The van der Waals surface area contributed by atoms with E-state index in [1.807, 2.05) is 6.07 Å². The summed E-state index contributed by atoms with van der Waals surface area (Å²) in [5, 5.41) is 11.6. The Balaban J connectivity index is 1.56. The van der Waals surface area contributed by atoms with E-state index in [2.05, 4.69) is 17.3 Å². The van der Waals surface area contributed by atoms with E-state index < -0.39 is 0 Å². The summed E-state index contributed by atoms with van der Waals surface area (Å²) >= 11 is 0. The van der Waals surface area contributed by atoms with Gasteiger partial charge in [0.1, 0.15) is 5.75 Å². The number of nitriles is 1. The van der Waals surface area contributed by atoms with Crippen LogP contribution in [-0.4, -0.2) is 43.6 Å². The maximum Gasteiger partial charge on any atom is 0.257 e. The smallest absolute Gasteiger partial charge is 0.257 e. The SMILES string of the molecule is CN(CCCNC(=O)COc1ccc(C#N)cc1)C1CCCCC1. The fraction of sp³-hybridized carbons (Fsp3) is 0.579. The molecule has 0 bridgehead atoms. The van der Waals surface area contributed by atoms with E-state index in [0.717, 1.165) is 13.0 Å². The first-order chi connectivity index (χ1) is 11.7. The van der Waals surface area contributed by atoms with Crippen molar-refractivity contribution >= 4 is 5.91 Å². The molecule has 1 aliphatic rings. The third kappa shape index (κ3) is 6.21. The topological polar surface area (TPSA) is 65.4 Å². The van der Waals surface area contributed by atoms with Crippen LogP contribution in [-0.2, 0) is 4.79 Å². The van der Waals surface area contributed by atoms with Crippen molar-refractivity contribution in [2.45, 2.75) is 44.6 Å². The Morgan fingerprint density at radius 1 is 1.29 bits per heavy atom. The molecule has 130 valence electrons. The molecule has 1 aliphatic carbocycles. The van der Waals surface area contributed by atoms with Gasteiger partial charge in [0, 0.05) is 12.6 Å². The van der Waals surface area contributed by atoms with Gasteiger partial charge in [-0.25, -0.2) is 0 Å². The van der Waals surface area contributed by atoms with Crippen molar-refractivity contribution in [3.8, 4) is 11.8 Å². The normalized spacial score (nSPS) is 15.0. The molecule has 2 rings (SSSR count). The Morgan fingerprint density at radius 3 is 2.67 bits per heavy atom. The van der Waals surface area contributed by atoms with Crippen LogP contribution in [0.4, 0.5) is 0 Å². The van der Waals surface area contributed by atoms with Gasteiger partial charge in [-0.3, -0.25) is 4.79 Å². The zero-order valence-electron chi connectivity index (χ0n) is 14.5. The molecule has 0 unspecified atom stereocenters. The van der Waals surface area contributed by atoms with Crippen LogP contribution in [0.25, 0.3) is 0 Å². The van der Waals surface area contributed by atoms with Crippen LogP contribution in [0, 0.1) is 11.3 Å². The molecule has 5 heteroatoms. The van der Waals surface area contributed by atoms with Gasteiger partial charge in [-0.1, -0.05) is 19.3 Å². The Hall–Kier alpha value is -2.06. The molecule has 1 fully saturated rings. The second-order valence-corrected chi connectivity index (χ2v) is 6.40. The molecule has 0 radical (unpaired) electrons. The van der Waals surface area contributed by atoms with Crippen molar-refractivity contribution < 1.29 is 9.53 Å². The first-order valence-corrected chi connectivity index (χ1v) is 8.79. The molecule has 5 nitrogen and oxygen atoms in total. The number of carbonyl (C=O) groups excluding carboxylic acids is 1. The Bertz CT molecular complexity index is 545. The summed E-state index contributed by atoms with van der Waals surface area (Å²) in [7, 11) is 2.19. The number of carbonyl (C=O) groups is 1. The highest BCUT2D eigenvalue weighted by Gasteiger charge is 2.17. The largest absolute Gasteiger partial charge is 0.484 e. The minimum absolute atomic E-state index is 0.00433. The van der Waals surface area contributed by atoms with Crippen molar-refractivity contribution in [1.82, 2.24) is 10.2 Å². The van der Waals surface area contributed by atoms with E-state index in [1.165, 1.54) is 32.1 Å². The van der Waals surface area contributed by atoms with Crippen molar-refractivity contribution in [2.24, 2.45) is 0 Å². The molecule has 1 aromatic rings. The molecule has 0 heterocycles.